The number of nitrogens with zero attached hydrogens (tertiary/aromatic N) is 1. The topological polar surface area (TPSA) is 15.3 Å². The molecule has 110 valence electrons. The first-order valence-electron chi connectivity index (χ1n) is 7.07. The Kier molecular flexibility index (Phi) is 4.00. The van der Waals surface area contributed by atoms with Gasteiger partial charge < -0.3 is 10.2 Å². The predicted molar refractivity (Wildman–Crippen MR) is 90.1 cm³/mol. The van der Waals surface area contributed by atoms with Crippen LogP contribution >= 0.6 is 39.1 Å². The first-order valence-corrected chi connectivity index (χ1v) is 8.62. The number of hydrogen-bond donors (Lipinski definition) is 1. The summed E-state index contributed by atoms with van der Waals surface area (Å²) >= 11 is 16.2. The summed E-state index contributed by atoms with van der Waals surface area (Å²) in [5, 5.41) is 4.97. The summed E-state index contributed by atoms with van der Waals surface area (Å²) in [6.45, 7) is 6.52. The Morgan fingerprint density at radius 1 is 1.30 bits per heavy atom. The highest BCUT2D eigenvalue weighted by molar-refractivity contribution is 9.10. The van der Waals surface area contributed by atoms with Crippen LogP contribution < -0.4 is 10.2 Å². The van der Waals surface area contributed by atoms with E-state index in [4.69, 9.17) is 23.2 Å². The van der Waals surface area contributed by atoms with Crippen LogP contribution in [0.4, 0.5) is 5.69 Å². The summed E-state index contributed by atoms with van der Waals surface area (Å²) in [7, 11) is 0. The number of hydrogen-bond acceptors (Lipinski definition) is 2. The SMILES string of the molecule is CC1CNC(C)(C2CC2)CN1c1ccc(Br)c(Cl)c1Cl. The second-order valence-electron chi connectivity index (χ2n) is 6.24. The summed E-state index contributed by atoms with van der Waals surface area (Å²) in [6, 6.07) is 4.46. The molecule has 1 N–H and O–H groups in total. The molecule has 2 unspecified atom stereocenters. The van der Waals surface area contributed by atoms with Gasteiger partial charge in [-0.05, 0) is 60.7 Å². The minimum Gasteiger partial charge on any atom is -0.364 e. The highest BCUT2D eigenvalue weighted by Crippen LogP contribution is 2.44. The maximum atomic E-state index is 6.46. The van der Waals surface area contributed by atoms with Gasteiger partial charge in [-0.2, -0.15) is 0 Å². The van der Waals surface area contributed by atoms with Crippen molar-refractivity contribution in [3.05, 3.63) is 26.7 Å². The van der Waals surface area contributed by atoms with E-state index in [1.807, 2.05) is 6.07 Å². The molecule has 0 amide bonds. The van der Waals surface area contributed by atoms with Crippen molar-refractivity contribution in [3.63, 3.8) is 0 Å². The molecule has 2 nitrogen and oxygen atoms in total. The lowest BCUT2D eigenvalue weighted by Crippen LogP contribution is -2.63. The maximum Gasteiger partial charge on any atom is 0.0837 e. The summed E-state index contributed by atoms with van der Waals surface area (Å²) in [4.78, 5) is 2.40. The number of nitrogens with one attached hydrogen (secondary N) is 1. The van der Waals surface area contributed by atoms with Crippen LogP contribution in [0.1, 0.15) is 26.7 Å². The molecule has 1 aliphatic heterocycles. The summed E-state index contributed by atoms with van der Waals surface area (Å²) in [6.07, 6.45) is 2.67. The van der Waals surface area contributed by atoms with E-state index in [-0.39, 0.29) is 5.54 Å². The van der Waals surface area contributed by atoms with Gasteiger partial charge in [0.05, 0.1) is 15.7 Å². The van der Waals surface area contributed by atoms with Crippen LogP contribution in [-0.2, 0) is 0 Å². The van der Waals surface area contributed by atoms with Crippen molar-refractivity contribution in [3.8, 4) is 0 Å². The van der Waals surface area contributed by atoms with Crippen molar-refractivity contribution in [2.45, 2.75) is 38.3 Å². The van der Waals surface area contributed by atoms with Crippen molar-refractivity contribution >= 4 is 44.8 Å². The summed E-state index contributed by atoms with van der Waals surface area (Å²) in [5.41, 5.74) is 1.23. The fraction of sp³-hybridized carbons (Fsp3) is 0.600. The fourth-order valence-corrected chi connectivity index (χ4v) is 3.99. The van der Waals surface area contributed by atoms with Gasteiger partial charge >= 0.3 is 0 Å². The maximum absolute atomic E-state index is 6.46. The van der Waals surface area contributed by atoms with Crippen molar-refractivity contribution in [2.24, 2.45) is 5.92 Å². The third kappa shape index (κ3) is 2.58. The van der Waals surface area contributed by atoms with E-state index >= 15 is 0 Å². The van der Waals surface area contributed by atoms with Gasteiger partial charge in [-0.1, -0.05) is 23.2 Å². The largest absolute Gasteiger partial charge is 0.364 e. The van der Waals surface area contributed by atoms with Gasteiger partial charge in [-0.15, -0.1) is 0 Å². The molecule has 2 aliphatic rings. The van der Waals surface area contributed by atoms with Crippen molar-refractivity contribution in [1.29, 1.82) is 0 Å². The van der Waals surface area contributed by atoms with E-state index in [0.29, 0.717) is 16.1 Å². The van der Waals surface area contributed by atoms with E-state index in [1.165, 1.54) is 12.8 Å². The number of anilines is 1. The number of rotatable bonds is 2. The molecule has 1 aromatic carbocycles. The molecular weight excluding hydrogens is 359 g/mol. The lowest BCUT2D eigenvalue weighted by Gasteiger charge is -2.47. The molecule has 0 spiro atoms. The summed E-state index contributed by atoms with van der Waals surface area (Å²) in [5.74, 6) is 0.794. The molecule has 1 saturated heterocycles. The van der Waals surface area contributed by atoms with Gasteiger partial charge in [0.2, 0.25) is 0 Å². The third-order valence-electron chi connectivity index (χ3n) is 4.63. The number of piperazine rings is 1. The molecule has 3 rings (SSSR count). The Hall–Kier alpha value is 0.0400. The second kappa shape index (κ2) is 5.35. The molecular formula is C15H19BrCl2N2. The van der Waals surface area contributed by atoms with Crippen LogP contribution in [-0.4, -0.2) is 24.7 Å². The van der Waals surface area contributed by atoms with Crippen molar-refractivity contribution in [2.75, 3.05) is 18.0 Å². The van der Waals surface area contributed by atoms with Gasteiger partial charge in [-0.3, -0.25) is 0 Å². The molecule has 0 aromatic heterocycles. The minimum absolute atomic E-state index is 0.190. The standard InChI is InChI=1S/C15H19BrCl2N2/c1-9-7-19-15(2,10-3-4-10)8-20(9)12-6-5-11(16)13(17)14(12)18/h5-6,9-10,19H,3-4,7-8H2,1-2H3. The lowest BCUT2D eigenvalue weighted by atomic mass is 9.91. The Bertz CT molecular complexity index is 533. The summed E-state index contributed by atoms with van der Waals surface area (Å²) < 4.78 is 0.848. The van der Waals surface area contributed by atoms with E-state index in [0.717, 1.165) is 29.2 Å². The normalized spacial score (nSPS) is 30.6. The quantitative estimate of drug-likeness (QED) is 0.750. The van der Waals surface area contributed by atoms with Crippen molar-refractivity contribution < 1.29 is 0 Å². The van der Waals surface area contributed by atoms with Gasteiger partial charge in [-0.25, -0.2) is 0 Å². The zero-order valence-corrected chi connectivity index (χ0v) is 14.8. The van der Waals surface area contributed by atoms with Gasteiger partial charge in [0.25, 0.3) is 0 Å². The number of halogens is 3. The molecule has 0 bridgehead atoms. The minimum atomic E-state index is 0.190. The van der Waals surface area contributed by atoms with E-state index in [2.05, 4.69) is 46.1 Å². The van der Waals surface area contributed by atoms with Gasteiger partial charge in [0.1, 0.15) is 0 Å². The first-order chi connectivity index (χ1) is 9.42. The van der Waals surface area contributed by atoms with Crippen LogP contribution in [0.25, 0.3) is 0 Å². The lowest BCUT2D eigenvalue weighted by molar-refractivity contribution is 0.261. The fourth-order valence-electron chi connectivity index (χ4n) is 3.11. The molecule has 0 radical (unpaired) electrons. The molecule has 2 fully saturated rings. The first kappa shape index (κ1) is 15.0. The van der Waals surface area contributed by atoms with Crippen LogP contribution in [0.5, 0.6) is 0 Å². The highest BCUT2D eigenvalue weighted by atomic mass is 79.9. The van der Waals surface area contributed by atoms with E-state index < -0.39 is 0 Å². The molecule has 1 aromatic rings. The molecule has 20 heavy (non-hydrogen) atoms. The average Bonchev–Trinajstić information content (AvgIpc) is 3.25. The molecule has 2 atom stereocenters. The predicted octanol–water partition coefficient (Wildman–Crippen LogP) is 4.72. The third-order valence-corrected chi connectivity index (χ3v) is 6.40. The molecule has 1 heterocycles. The molecule has 5 heteroatoms. The Balaban J connectivity index is 1.93. The molecule has 1 saturated carbocycles. The zero-order chi connectivity index (χ0) is 14.5. The van der Waals surface area contributed by atoms with Crippen molar-refractivity contribution in [1.82, 2.24) is 5.32 Å². The average molecular weight is 378 g/mol. The Labute approximate surface area is 138 Å². The Morgan fingerprint density at radius 3 is 2.65 bits per heavy atom. The van der Waals surface area contributed by atoms with Crippen LogP contribution in [0, 0.1) is 5.92 Å². The molecule has 1 aliphatic carbocycles. The van der Waals surface area contributed by atoms with Crippen LogP contribution in [0.3, 0.4) is 0 Å². The van der Waals surface area contributed by atoms with Gasteiger partial charge in [0, 0.05) is 29.1 Å². The monoisotopic (exact) mass is 376 g/mol. The second-order valence-corrected chi connectivity index (χ2v) is 7.85. The van der Waals surface area contributed by atoms with Crippen LogP contribution in [0.15, 0.2) is 16.6 Å². The smallest absolute Gasteiger partial charge is 0.0837 e. The van der Waals surface area contributed by atoms with Crippen LogP contribution in [0.2, 0.25) is 10.0 Å². The number of benzene rings is 1. The Morgan fingerprint density at radius 2 is 2.00 bits per heavy atom. The zero-order valence-electron chi connectivity index (χ0n) is 11.7. The van der Waals surface area contributed by atoms with E-state index in [9.17, 15) is 0 Å². The van der Waals surface area contributed by atoms with E-state index in [1.54, 1.807) is 0 Å². The highest BCUT2D eigenvalue weighted by Gasteiger charge is 2.45. The van der Waals surface area contributed by atoms with Gasteiger partial charge in [0.15, 0.2) is 0 Å².